The van der Waals surface area contributed by atoms with Gasteiger partial charge in [-0.15, -0.1) is 5.10 Å². The van der Waals surface area contributed by atoms with Crippen LogP contribution in [0.5, 0.6) is 0 Å². The van der Waals surface area contributed by atoms with Crippen molar-refractivity contribution in [3.63, 3.8) is 0 Å². The summed E-state index contributed by atoms with van der Waals surface area (Å²) < 4.78 is 24.8. The molecule has 0 unspecified atom stereocenters. The molecular weight excluding hydrogens is 386 g/mol. The van der Waals surface area contributed by atoms with Gasteiger partial charge in [0.1, 0.15) is 12.0 Å². The van der Waals surface area contributed by atoms with Crippen LogP contribution in [-0.2, 0) is 19.4 Å². The maximum Gasteiger partial charge on any atom is 0.271 e. The number of aromatic nitrogens is 4. The van der Waals surface area contributed by atoms with E-state index in [4.69, 9.17) is 0 Å². The second-order valence-electron chi connectivity index (χ2n) is 6.60. The van der Waals surface area contributed by atoms with E-state index in [0.717, 1.165) is 0 Å². The number of carbonyl (C=O) groups is 2. The van der Waals surface area contributed by atoms with Crippen LogP contribution >= 0.6 is 0 Å². The van der Waals surface area contributed by atoms with E-state index in [0.29, 0.717) is 17.8 Å². The van der Waals surface area contributed by atoms with Crippen LogP contribution in [0.3, 0.4) is 0 Å². The van der Waals surface area contributed by atoms with Crippen molar-refractivity contribution in [2.24, 2.45) is 5.10 Å². The summed E-state index contributed by atoms with van der Waals surface area (Å²) in [5, 5.41) is 19.0. The van der Waals surface area contributed by atoms with Crippen LogP contribution in [0.1, 0.15) is 19.3 Å². The molecule has 1 saturated heterocycles. The summed E-state index contributed by atoms with van der Waals surface area (Å²) in [5.74, 6) is -0.792. The van der Waals surface area contributed by atoms with Gasteiger partial charge in [0.25, 0.3) is 5.91 Å². The molecule has 1 aromatic heterocycles. The Balaban J connectivity index is 1.51. The van der Waals surface area contributed by atoms with Gasteiger partial charge in [-0.05, 0) is 35.0 Å². The minimum atomic E-state index is -3.16. The van der Waals surface area contributed by atoms with Crippen molar-refractivity contribution in [3.8, 4) is 5.69 Å². The number of hydrazone groups is 1. The molecule has 2 aliphatic rings. The number of amides is 2. The number of hydrogen-bond donors (Lipinski definition) is 1. The molecule has 1 atom stereocenters. The lowest BCUT2D eigenvalue weighted by molar-refractivity contribution is -0.133. The number of anilines is 1. The first-order valence-electron chi connectivity index (χ1n) is 8.66. The predicted molar refractivity (Wildman–Crippen MR) is 98.4 cm³/mol. The second kappa shape index (κ2) is 7.11. The summed E-state index contributed by atoms with van der Waals surface area (Å²) in [6.07, 6.45) is 2.09. The van der Waals surface area contributed by atoms with Crippen molar-refractivity contribution < 1.29 is 18.0 Å². The minimum Gasteiger partial charge on any atom is -0.321 e. The third kappa shape index (κ3) is 3.76. The summed E-state index contributed by atoms with van der Waals surface area (Å²) in [5.41, 5.74) is 1.38. The van der Waals surface area contributed by atoms with Gasteiger partial charge in [-0.2, -0.15) is 5.10 Å². The predicted octanol–water partition coefficient (Wildman–Crippen LogP) is -0.234. The Hall–Kier alpha value is -3.15. The molecule has 12 heteroatoms. The molecule has 4 rings (SSSR count). The normalized spacial score (nSPS) is 21.4. The molecule has 0 spiro atoms. The van der Waals surface area contributed by atoms with Crippen LogP contribution in [0.2, 0.25) is 0 Å². The van der Waals surface area contributed by atoms with Crippen LogP contribution in [0.15, 0.2) is 35.7 Å². The smallest absolute Gasteiger partial charge is 0.271 e. The van der Waals surface area contributed by atoms with E-state index in [2.05, 4.69) is 25.9 Å². The minimum absolute atomic E-state index is 0.0302. The summed E-state index contributed by atoms with van der Waals surface area (Å²) in [4.78, 5) is 24.8. The Morgan fingerprint density at radius 1 is 1.25 bits per heavy atom. The van der Waals surface area contributed by atoms with Gasteiger partial charge >= 0.3 is 0 Å². The van der Waals surface area contributed by atoms with E-state index in [1.807, 2.05) is 0 Å². The van der Waals surface area contributed by atoms with E-state index in [1.165, 1.54) is 16.0 Å². The molecule has 1 aromatic carbocycles. The van der Waals surface area contributed by atoms with Crippen molar-refractivity contribution in [2.75, 3.05) is 16.8 Å². The average molecular weight is 403 g/mol. The molecule has 11 nitrogen and oxygen atoms in total. The highest BCUT2D eigenvalue weighted by atomic mass is 32.2. The van der Waals surface area contributed by atoms with E-state index >= 15 is 0 Å². The Kier molecular flexibility index (Phi) is 4.63. The van der Waals surface area contributed by atoms with E-state index in [1.54, 1.807) is 24.3 Å². The number of nitrogens with zero attached hydrogens (tertiary/aromatic N) is 6. The van der Waals surface area contributed by atoms with Crippen molar-refractivity contribution in [2.45, 2.75) is 25.3 Å². The number of hydrogen-bond acceptors (Lipinski definition) is 8. The van der Waals surface area contributed by atoms with Gasteiger partial charge in [0.2, 0.25) is 5.91 Å². The first kappa shape index (κ1) is 18.2. The fourth-order valence-corrected chi connectivity index (χ4v) is 4.89. The lowest BCUT2D eigenvalue weighted by Gasteiger charge is -2.27. The SMILES string of the molecule is O=C(Nc1cccc(-n2cnnn2)c1)C1=NN([C@@H]2CCS(=O)(=O)C2)C(=O)CC1. The molecule has 1 N–H and O–H groups in total. The molecule has 0 radical (unpaired) electrons. The lowest BCUT2D eigenvalue weighted by atomic mass is 10.1. The van der Waals surface area contributed by atoms with Gasteiger partial charge in [0, 0.05) is 18.5 Å². The van der Waals surface area contributed by atoms with Gasteiger partial charge in [0.05, 0.1) is 23.2 Å². The zero-order valence-electron chi connectivity index (χ0n) is 14.7. The number of rotatable bonds is 4. The molecule has 28 heavy (non-hydrogen) atoms. The fraction of sp³-hybridized carbons (Fsp3) is 0.375. The quantitative estimate of drug-likeness (QED) is 0.743. The van der Waals surface area contributed by atoms with Crippen molar-refractivity contribution >= 4 is 33.1 Å². The van der Waals surface area contributed by atoms with Crippen molar-refractivity contribution in [3.05, 3.63) is 30.6 Å². The number of benzene rings is 1. The monoisotopic (exact) mass is 403 g/mol. The second-order valence-corrected chi connectivity index (χ2v) is 8.83. The number of carbonyl (C=O) groups excluding carboxylic acids is 2. The molecule has 146 valence electrons. The Morgan fingerprint density at radius 2 is 2.11 bits per heavy atom. The molecule has 0 aliphatic carbocycles. The topological polar surface area (TPSA) is 140 Å². The van der Waals surface area contributed by atoms with Gasteiger partial charge in [-0.25, -0.2) is 18.1 Å². The zero-order valence-corrected chi connectivity index (χ0v) is 15.5. The Morgan fingerprint density at radius 3 is 2.82 bits per heavy atom. The van der Waals surface area contributed by atoms with E-state index in [-0.39, 0.29) is 36.0 Å². The molecule has 2 aliphatic heterocycles. The first-order chi connectivity index (χ1) is 13.4. The van der Waals surface area contributed by atoms with Gasteiger partial charge in [0.15, 0.2) is 9.84 Å². The third-order valence-corrected chi connectivity index (χ3v) is 6.34. The Bertz CT molecular complexity index is 1050. The van der Waals surface area contributed by atoms with Gasteiger partial charge in [-0.1, -0.05) is 6.07 Å². The van der Waals surface area contributed by atoms with Gasteiger partial charge in [-0.3, -0.25) is 9.59 Å². The van der Waals surface area contributed by atoms with Gasteiger partial charge < -0.3 is 5.32 Å². The third-order valence-electron chi connectivity index (χ3n) is 4.59. The largest absolute Gasteiger partial charge is 0.321 e. The standard InChI is InChI=1S/C16H17N7O4S/c24-15-5-4-14(19-23(15)13-6-7-28(26,27)9-13)16(25)18-11-2-1-3-12(8-11)22-10-17-20-21-22/h1-3,8,10,13H,4-7,9H2,(H,18,25)/t13-/m1/s1. The number of tetrazole rings is 1. The van der Waals surface area contributed by atoms with E-state index < -0.39 is 21.8 Å². The molecule has 2 aromatic rings. The van der Waals surface area contributed by atoms with Crippen LogP contribution < -0.4 is 5.32 Å². The molecule has 0 saturated carbocycles. The van der Waals surface area contributed by atoms with E-state index in [9.17, 15) is 18.0 Å². The Labute approximate surface area is 160 Å². The summed E-state index contributed by atoms with van der Waals surface area (Å²) >= 11 is 0. The summed E-state index contributed by atoms with van der Waals surface area (Å²) in [7, 11) is -3.16. The highest BCUT2D eigenvalue weighted by Crippen LogP contribution is 2.22. The first-order valence-corrected chi connectivity index (χ1v) is 10.5. The average Bonchev–Trinajstić information content (AvgIpc) is 3.32. The maximum absolute atomic E-state index is 12.6. The molecule has 0 bridgehead atoms. The summed E-state index contributed by atoms with van der Waals surface area (Å²) in [6.45, 7) is 0. The number of nitrogens with one attached hydrogen (secondary N) is 1. The van der Waals surface area contributed by atoms with Crippen molar-refractivity contribution in [1.82, 2.24) is 25.2 Å². The van der Waals surface area contributed by atoms with Crippen LogP contribution in [0.25, 0.3) is 5.69 Å². The molecular formula is C16H17N7O4S. The highest BCUT2D eigenvalue weighted by Gasteiger charge is 2.37. The van der Waals surface area contributed by atoms with Crippen LogP contribution in [-0.4, -0.2) is 68.7 Å². The summed E-state index contributed by atoms with van der Waals surface area (Å²) in [6, 6.07) is 6.43. The molecule has 2 amide bonds. The number of sulfone groups is 1. The highest BCUT2D eigenvalue weighted by molar-refractivity contribution is 7.91. The maximum atomic E-state index is 12.6. The fourth-order valence-electron chi connectivity index (χ4n) is 3.20. The lowest BCUT2D eigenvalue weighted by Crippen LogP contribution is -2.42. The molecule has 3 heterocycles. The zero-order chi connectivity index (χ0) is 19.7. The molecule has 1 fully saturated rings. The van der Waals surface area contributed by atoms with Crippen LogP contribution in [0, 0.1) is 0 Å². The van der Waals surface area contributed by atoms with Crippen molar-refractivity contribution in [1.29, 1.82) is 0 Å². The van der Waals surface area contributed by atoms with Crippen LogP contribution in [0.4, 0.5) is 5.69 Å².